The molecular formula is C21H16N2O5. The Labute approximate surface area is 160 Å². The van der Waals surface area contributed by atoms with E-state index < -0.39 is 22.4 Å². The normalized spacial score (nSPS) is 30.2. The highest BCUT2D eigenvalue weighted by atomic mass is 16.6. The molecule has 0 aromatic heterocycles. The number of hydrogen-bond acceptors (Lipinski definition) is 5. The van der Waals surface area contributed by atoms with Crippen molar-refractivity contribution in [3.8, 4) is 11.1 Å². The second-order valence-electron chi connectivity index (χ2n) is 7.49. The molecule has 0 saturated carbocycles. The van der Waals surface area contributed by atoms with Crippen molar-refractivity contribution in [3.63, 3.8) is 0 Å². The van der Waals surface area contributed by atoms with E-state index in [0.717, 1.165) is 11.1 Å². The summed E-state index contributed by atoms with van der Waals surface area (Å²) in [4.78, 5) is 37.5. The van der Waals surface area contributed by atoms with E-state index in [-0.39, 0.29) is 23.6 Å². The SMILES string of the molecule is C[C@@]12C=C[C@@H](O1)[C@@H]1C(=O)N(c3ccc(-c4ccc([N+](=O)[O-])cc4)cc3)C(=O)[C@H]12. The third-order valence-electron chi connectivity index (χ3n) is 5.87. The monoisotopic (exact) mass is 376 g/mol. The summed E-state index contributed by atoms with van der Waals surface area (Å²) in [6.45, 7) is 1.85. The first-order valence-corrected chi connectivity index (χ1v) is 8.99. The maximum atomic E-state index is 13.0. The number of nitro groups is 1. The Morgan fingerprint density at radius 2 is 1.61 bits per heavy atom. The number of ether oxygens (including phenoxy) is 1. The van der Waals surface area contributed by atoms with Gasteiger partial charge >= 0.3 is 0 Å². The average molecular weight is 376 g/mol. The van der Waals surface area contributed by atoms with Crippen LogP contribution in [-0.4, -0.2) is 28.4 Å². The van der Waals surface area contributed by atoms with E-state index in [4.69, 9.17) is 4.74 Å². The Bertz CT molecular complexity index is 1040. The van der Waals surface area contributed by atoms with Gasteiger partial charge in [-0.15, -0.1) is 0 Å². The lowest BCUT2D eigenvalue weighted by molar-refractivity contribution is -0.384. The summed E-state index contributed by atoms with van der Waals surface area (Å²) < 4.78 is 5.83. The molecule has 3 heterocycles. The van der Waals surface area contributed by atoms with Gasteiger partial charge in [0.25, 0.3) is 5.69 Å². The van der Waals surface area contributed by atoms with Gasteiger partial charge < -0.3 is 4.74 Å². The highest BCUT2D eigenvalue weighted by molar-refractivity contribution is 6.23. The minimum absolute atomic E-state index is 0.0270. The molecule has 0 radical (unpaired) electrons. The number of nitro benzene ring substituents is 1. The predicted octanol–water partition coefficient (Wildman–Crippen LogP) is 3.09. The molecule has 2 aromatic carbocycles. The van der Waals surface area contributed by atoms with Gasteiger partial charge in [-0.1, -0.05) is 24.3 Å². The molecule has 5 rings (SSSR count). The van der Waals surface area contributed by atoms with Gasteiger partial charge in [0.05, 0.1) is 34.2 Å². The van der Waals surface area contributed by atoms with E-state index in [1.54, 1.807) is 36.4 Å². The molecule has 140 valence electrons. The van der Waals surface area contributed by atoms with Crippen molar-refractivity contribution in [2.45, 2.75) is 18.6 Å². The lowest BCUT2D eigenvalue weighted by Gasteiger charge is -2.24. The Morgan fingerprint density at radius 3 is 2.18 bits per heavy atom. The average Bonchev–Trinajstić information content (AvgIpc) is 3.30. The third kappa shape index (κ3) is 2.20. The molecule has 2 saturated heterocycles. The van der Waals surface area contributed by atoms with Crippen molar-refractivity contribution in [2.75, 3.05) is 4.90 Å². The van der Waals surface area contributed by atoms with E-state index in [2.05, 4.69) is 0 Å². The fourth-order valence-corrected chi connectivity index (χ4v) is 4.49. The number of benzene rings is 2. The van der Waals surface area contributed by atoms with E-state index >= 15 is 0 Å². The molecule has 3 aliphatic rings. The number of nitrogens with zero attached hydrogens (tertiary/aromatic N) is 2. The maximum Gasteiger partial charge on any atom is 0.269 e. The zero-order valence-electron chi connectivity index (χ0n) is 14.9. The van der Waals surface area contributed by atoms with Gasteiger partial charge in [-0.25, -0.2) is 4.90 Å². The van der Waals surface area contributed by atoms with Gasteiger partial charge in [-0.2, -0.15) is 0 Å². The molecule has 2 amide bonds. The molecule has 2 aromatic rings. The minimum atomic E-state index is -0.713. The van der Waals surface area contributed by atoms with Crippen LogP contribution in [0.15, 0.2) is 60.7 Å². The minimum Gasteiger partial charge on any atom is -0.362 e. The summed E-state index contributed by atoms with van der Waals surface area (Å²) in [6.07, 6.45) is 3.41. The van der Waals surface area contributed by atoms with Gasteiger partial charge in [0.2, 0.25) is 11.8 Å². The van der Waals surface area contributed by atoms with Crippen LogP contribution >= 0.6 is 0 Å². The first-order chi connectivity index (χ1) is 13.4. The summed E-state index contributed by atoms with van der Waals surface area (Å²) in [5.41, 5.74) is 1.50. The van der Waals surface area contributed by atoms with Gasteiger partial charge in [0.15, 0.2) is 0 Å². The van der Waals surface area contributed by atoms with Crippen LogP contribution in [0.2, 0.25) is 0 Å². The highest BCUT2D eigenvalue weighted by Crippen LogP contribution is 2.52. The number of anilines is 1. The molecule has 7 nitrogen and oxygen atoms in total. The Hall–Kier alpha value is -3.32. The Morgan fingerprint density at radius 1 is 1.00 bits per heavy atom. The molecule has 0 N–H and O–H groups in total. The fraction of sp³-hybridized carbons (Fsp3) is 0.238. The quantitative estimate of drug-likeness (QED) is 0.355. The number of amides is 2. The summed E-state index contributed by atoms with van der Waals surface area (Å²) in [5.74, 6) is -1.40. The zero-order chi connectivity index (χ0) is 19.6. The van der Waals surface area contributed by atoms with E-state index in [9.17, 15) is 19.7 Å². The predicted molar refractivity (Wildman–Crippen MR) is 100 cm³/mol. The fourth-order valence-electron chi connectivity index (χ4n) is 4.49. The lowest BCUT2D eigenvalue weighted by atomic mass is 9.78. The molecule has 0 aliphatic carbocycles. The number of fused-ring (bicyclic) bond motifs is 5. The number of non-ortho nitro benzene ring substituents is 1. The first kappa shape index (κ1) is 16.8. The molecule has 2 fully saturated rings. The van der Waals surface area contributed by atoms with Gasteiger partial charge in [0.1, 0.15) is 0 Å². The largest absolute Gasteiger partial charge is 0.362 e. The molecule has 0 spiro atoms. The number of rotatable bonds is 3. The summed E-state index contributed by atoms with van der Waals surface area (Å²) in [5, 5.41) is 10.8. The van der Waals surface area contributed by atoms with Crippen LogP contribution in [0.1, 0.15) is 6.92 Å². The molecule has 4 atom stereocenters. The zero-order valence-corrected chi connectivity index (χ0v) is 14.9. The molecule has 7 heteroatoms. The number of carbonyl (C=O) groups is 2. The van der Waals surface area contributed by atoms with E-state index in [1.807, 2.05) is 19.1 Å². The van der Waals surface area contributed by atoms with E-state index in [0.29, 0.717) is 5.69 Å². The van der Waals surface area contributed by atoms with E-state index in [1.165, 1.54) is 17.0 Å². The van der Waals surface area contributed by atoms with Gasteiger partial charge in [-0.05, 0) is 42.3 Å². The molecular weight excluding hydrogens is 360 g/mol. The number of imide groups is 1. The van der Waals surface area contributed by atoms with Crippen molar-refractivity contribution < 1.29 is 19.2 Å². The summed E-state index contributed by atoms with van der Waals surface area (Å²) in [7, 11) is 0. The van der Waals surface area contributed by atoms with Crippen LogP contribution in [-0.2, 0) is 14.3 Å². The molecule has 3 aliphatic heterocycles. The lowest BCUT2D eigenvalue weighted by Crippen LogP contribution is -2.38. The van der Waals surface area contributed by atoms with Crippen molar-refractivity contribution in [1.82, 2.24) is 0 Å². The summed E-state index contributed by atoms with van der Waals surface area (Å²) in [6, 6.07) is 13.3. The number of carbonyl (C=O) groups excluding carboxylic acids is 2. The van der Waals surface area contributed by atoms with Crippen molar-refractivity contribution in [3.05, 3.63) is 70.8 Å². The van der Waals surface area contributed by atoms with Crippen LogP contribution in [0, 0.1) is 22.0 Å². The Kier molecular flexibility index (Phi) is 3.36. The maximum absolute atomic E-state index is 13.0. The van der Waals surface area contributed by atoms with Gasteiger partial charge in [-0.3, -0.25) is 19.7 Å². The Balaban J connectivity index is 1.43. The second kappa shape index (κ2) is 5.59. The van der Waals surface area contributed by atoms with Crippen LogP contribution < -0.4 is 4.90 Å². The topological polar surface area (TPSA) is 89.8 Å². The standard InChI is InChI=1S/C21H16N2O5/c1-21-11-10-16(28-21)17-18(21)20(25)22(19(17)24)14-6-2-12(3-7-14)13-4-8-15(9-5-13)23(26)27/h2-11,16-18H,1H3/t16-,17+,18+,21+/m1/s1. The van der Waals surface area contributed by atoms with Crippen molar-refractivity contribution >= 4 is 23.2 Å². The molecule has 0 unspecified atom stereocenters. The van der Waals surface area contributed by atoms with Crippen molar-refractivity contribution in [1.29, 1.82) is 0 Å². The van der Waals surface area contributed by atoms with Gasteiger partial charge in [0, 0.05) is 12.1 Å². The summed E-state index contributed by atoms with van der Waals surface area (Å²) >= 11 is 0. The smallest absolute Gasteiger partial charge is 0.269 e. The highest BCUT2D eigenvalue weighted by Gasteiger charge is 2.65. The third-order valence-corrected chi connectivity index (χ3v) is 5.87. The van der Waals surface area contributed by atoms with Crippen LogP contribution in [0.4, 0.5) is 11.4 Å². The van der Waals surface area contributed by atoms with Crippen LogP contribution in [0.5, 0.6) is 0 Å². The van der Waals surface area contributed by atoms with Crippen LogP contribution in [0.3, 0.4) is 0 Å². The molecule has 2 bridgehead atoms. The number of hydrogen-bond donors (Lipinski definition) is 0. The second-order valence-corrected chi connectivity index (χ2v) is 7.49. The first-order valence-electron chi connectivity index (χ1n) is 8.99. The van der Waals surface area contributed by atoms with Crippen LogP contribution in [0.25, 0.3) is 11.1 Å². The van der Waals surface area contributed by atoms with Crippen molar-refractivity contribution in [2.24, 2.45) is 11.8 Å². The molecule has 28 heavy (non-hydrogen) atoms.